The van der Waals surface area contributed by atoms with Crippen LogP contribution in [-0.4, -0.2) is 26.7 Å². The Kier molecular flexibility index (Phi) is 6.39. The minimum atomic E-state index is -0.824. The van der Waals surface area contributed by atoms with E-state index in [0.717, 1.165) is 16.5 Å². The zero-order valence-electron chi connectivity index (χ0n) is 20.9. The van der Waals surface area contributed by atoms with Crippen molar-refractivity contribution in [2.24, 2.45) is 0 Å². The van der Waals surface area contributed by atoms with Crippen LogP contribution in [0.4, 0.5) is 0 Å². The van der Waals surface area contributed by atoms with Crippen LogP contribution in [0.2, 0.25) is 0 Å². The van der Waals surface area contributed by atoms with Crippen molar-refractivity contribution in [2.45, 2.75) is 19.2 Å². The maximum atomic E-state index is 13.8. The number of aliphatic hydroxyl groups excluding tert-OH is 1. The number of hydrogen-bond acceptors (Lipinski definition) is 6. The summed E-state index contributed by atoms with van der Waals surface area (Å²) in [5, 5.41) is 11.8. The Labute approximate surface area is 224 Å². The minimum Gasteiger partial charge on any atom is -0.503 e. The molecule has 0 radical (unpaired) electrons. The van der Waals surface area contributed by atoms with E-state index in [2.05, 4.69) is 4.98 Å². The second kappa shape index (κ2) is 10.3. The first-order valence-corrected chi connectivity index (χ1v) is 12.5. The number of aliphatic hydroxyl groups is 1. The predicted octanol–water partition coefficient (Wildman–Crippen LogP) is 6.19. The zero-order valence-corrected chi connectivity index (χ0v) is 20.9. The van der Waals surface area contributed by atoms with Crippen LogP contribution in [0.5, 0.6) is 5.75 Å². The number of benzene rings is 3. The van der Waals surface area contributed by atoms with E-state index in [9.17, 15) is 14.7 Å². The molecule has 0 spiro atoms. The number of pyridine rings is 1. The van der Waals surface area contributed by atoms with Gasteiger partial charge in [-0.2, -0.15) is 0 Å². The summed E-state index contributed by atoms with van der Waals surface area (Å²) in [5.41, 5.74) is 3.05. The van der Waals surface area contributed by atoms with Crippen LogP contribution in [0.25, 0.3) is 11.0 Å². The first-order valence-electron chi connectivity index (χ1n) is 12.5. The number of amides is 1. The van der Waals surface area contributed by atoms with Crippen LogP contribution in [-0.2, 0) is 17.9 Å². The van der Waals surface area contributed by atoms with Gasteiger partial charge in [-0.1, -0.05) is 60.7 Å². The lowest BCUT2D eigenvalue weighted by Crippen LogP contribution is -2.30. The van der Waals surface area contributed by atoms with Crippen LogP contribution >= 0.6 is 0 Å². The fourth-order valence-corrected chi connectivity index (χ4v) is 4.79. The first-order chi connectivity index (χ1) is 19.1. The molecule has 1 aliphatic heterocycles. The highest BCUT2D eigenvalue weighted by molar-refractivity contribution is 6.16. The van der Waals surface area contributed by atoms with Gasteiger partial charge in [-0.05, 0) is 53.1 Å². The third-order valence-electron chi connectivity index (χ3n) is 6.74. The van der Waals surface area contributed by atoms with Crippen LogP contribution < -0.4 is 4.74 Å². The van der Waals surface area contributed by atoms with Gasteiger partial charge >= 0.3 is 0 Å². The van der Waals surface area contributed by atoms with Crippen molar-refractivity contribution >= 4 is 22.7 Å². The molecule has 1 unspecified atom stereocenters. The quantitative estimate of drug-likeness (QED) is 0.247. The van der Waals surface area contributed by atoms with E-state index in [1.807, 2.05) is 60.7 Å². The van der Waals surface area contributed by atoms with Crippen molar-refractivity contribution in [1.82, 2.24) is 9.88 Å². The summed E-state index contributed by atoms with van der Waals surface area (Å²) >= 11 is 0. The average Bonchev–Trinajstić information content (AvgIpc) is 3.52. The Bertz CT molecular complexity index is 1640. The van der Waals surface area contributed by atoms with Gasteiger partial charge in [0.05, 0.1) is 11.6 Å². The first kappa shape index (κ1) is 24.2. The molecule has 1 amide bonds. The highest BCUT2D eigenvalue weighted by Gasteiger charge is 2.44. The summed E-state index contributed by atoms with van der Waals surface area (Å²) in [7, 11) is 0. The van der Waals surface area contributed by atoms with Crippen molar-refractivity contribution in [2.75, 3.05) is 0 Å². The molecular formula is C32H24N2O5. The highest BCUT2D eigenvalue weighted by Crippen LogP contribution is 2.41. The summed E-state index contributed by atoms with van der Waals surface area (Å²) in [5.74, 6) is -1.04. The number of carbonyl (C=O) groups excluding carboxylic acids is 2. The van der Waals surface area contributed by atoms with Crippen LogP contribution in [0.1, 0.15) is 33.3 Å². The molecule has 7 nitrogen and oxygen atoms in total. The van der Waals surface area contributed by atoms with Gasteiger partial charge in [0, 0.05) is 24.3 Å². The number of ketones is 1. The second-order valence-corrected chi connectivity index (χ2v) is 9.27. The monoisotopic (exact) mass is 516 g/mol. The molecule has 39 heavy (non-hydrogen) atoms. The average molecular weight is 517 g/mol. The number of para-hydroxylation sites is 1. The Morgan fingerprint density at radius 2 is 1.62 bits per heavy atom. The molecule has 0 bridgehead atoms. The lowest BCUT2D eigenvalue weighted by molar-refractivity contribution is -0.130. The van der Waals surface area contributed by atoms with Gasteiger partial charge < -0.3 is 19.2 Å². The highest BCUT2D eigenvalue weighted by atomic mass is 16.5. The molecule has 1 atom stereocenters. The van der Waals surface area contributed by atoms with Crippen LogP contribution in [0, 0.1) is 0 Å². The minimum absolute atomic E-state index is 0.0222. The Morgan fingerprint density at radius 1 is 0.897 bits per heavy atom. The van der Waals surface area contributed by atoms with E-state index in [1.165, 1.54) is 4.90 Å². The Hall–Kier alpha value is -5.17. The van der Waals surface area contributed by atoms with E-state index in [1.54, 1.807) is 48.8 Å². The van der Waals surface area contributed by atoms with E-state index >= 15 is 0 Å². The molecule has 3 heterocycles. The molecule has 0 aliphatic carbocycles. The van der Waals surface area contributed by atoms with Gasteiger partial charge in [0.1, 0.15) is 17.9 Å². The van der Waals surface area contributed by atoms with Crippen molar-refractivity contribution in [1.29, 1.82) is 0 Å². The number of aromatic nitrogens is 1. The maximum Gasteiger partial charge on any atom is 0.290 e. The van der Waals surface area contributed by atoms with E-state index in [4.69, 9.17) is 9.15 Å². The van der Waals surface area contributed by atoms with Gasteiger partial charge in [0.15, 0.2) is 11.5 Å². The summed E-state index contributed by atoms with van der Waals surface area (Å²) in [6, 6.07) is 28.7. The van der Waals surface area contributed by atoms with Gasteiger partial charge in [0.25, 0.3) is 5.91 Å². The van der Waals surface area contributed by atoms with Crippen molar-refractivity contribution in [3.05, 3.63) is 143 Å². The van der Waals surface area contributed by atoms with Gasteiger partial charge in [-0.25, -0.2) is 0 Å². The number of Topliss-reactive ketones (excluding diaryl/α,β-unsaturated/α-hetero) is 1. The van der Waals surface area contributed by atoms with Crippen molar-refractivity contribution in [3.8, 4) is 5.75 Å². The molecule has 7 heteroatoms. The predicted molar refractivity (Wildman–Crippen MR) is 145 cm³/mol. The Morgan fingerprint density at radius 3 is 2.36 bits per heavy atom. The number of furan rings is 1. The molecule has 1 N–H and O–H groups in total. The third-order valence-corrected chi connectivity index (χ3v) is 6.74. The summed E-state index contributed by atoms with van der Waals surface area (Å²) in [6.45, 7) is 0.589. The molecule has 1 aliphatic rings. The third kappa shape index (κ3) is 4.78. The topological polar surface area (TPSA) is 92.9 Å². The number of hydrogen-bond donors (Lipinski definition) is 1. The molecule has 192 valence electrons. The molecule has 0 saturated heterocycles. The Balaban J connectivity index is 1.34. The van der Waals surface area contributed by atoms with Crippen molar-refractivity contribution in [3.63, 3.8) is 0 Å². The molecule has 2 aromatic heterocycles. The summed E-state index contributed by atoms with van der Waals surface area (Å²) in [4.78, 5) is 32.6. The van der Waals surface area contributed by atoms with Gasteiger partial charge in [-0.3, -0.25) is 14.6 Å². The normalized spacial score (nSPS) is 15.2. The smallest absolute Gasteiger partial charge is 0.290 e. The molecular weight excluding hydrogens is 492 g/mol. The van der Waals surface area contributed by atoms with Gasteiger partial charge in [0.2, 0.25) is 5.78 Å². The summed E-state index contributed by atoms with van der Waals surface area (Å²) in [6.07, 6.45) is 3.27. The lowest BCUT2D eigenvalue weighted by Gasteiger charge is -2.27. The number of rotatable bonds is 8. The number of nitrogens with zero attached hydrogens (tertiary/aromatic N) is 2. The molecule has 0 saturated carbocycles. The second-order valence-electron chi connectivity index (χ2n) is 9.27. The van der Waals surface area contributed by atoms with E-state index in [0.29, 0.717) is 23.5 Å². The number of carbonyl (C=O) groups is 2. The van der Waals surface area contributed by atoms with Crippen molar-refractivity contribution < 1.29 is 23.8 Å². The van der Waals surface area contributed by atoms with E-state index in [-0.39, 0.29) is 17.9 Å². The number of ether oxygens (including phenoxy) is 1. The maximum absolute atomic E-state index is 13.8. The fraction of sp³-hybridized carbons (Fsp3) is 0.0938. The standard InChI is InChI=1S/C32H24N2O5/c35-30(27-18-24-8-4-5-9-26(24)39-27)28-29(34(32(37)31(28)36)19-21-14-16-33-17-15-21)23-10-12-25(13-11-23)38-20-22-6-2-1-3-7-22/h1-18,29,36H,19-20H2. The fourth-order valence-electron chi connectivity index (χ4n) is 4.79. The SMILES string of the molecule is O=C(C1=C(O)C(=O)N(Cc2ccncc2)C1c1ccc(OCc2ccccc2)cc1)c1cc2ccccc2o1. The van der Waals surface area contributed by atoms with Crippen LogP contribution in [0.3, 0.4) is 0 Å². The van der Waals surface area contributed by atoms with E-state index < -0.39 is 23.5 Å². The molecule has 6 rings (SSSR count). The lowest BCUT2D eigenvalue weighted by atomic mass is 9.94. The molecule has 3 aromatic carbocycles. The largest absolute Gasteiger partial charge is 0.503 e. The summed E-state index contributed by atoms with van der Waals surface area (Å²) < 4.78 is 11.7. The zero-order chi connectivity index (χ0) is 26.8. The molecule has 0 fully saturated rings. The van der Waals surface area contributed by atoms with Gasteiger partial charge in [-0.15, -0.1) is 0 Å². The molecule has 5 aromatic rings. The van der Waals surface area contributed by atoms with Crippen LogP contribution in [0.15, 0.2) is 125 Å². The number of fused-ring (bicyclic) bond motifs is 1.